The van der Waals surface area contributed by atoms with Crippen LogP contribution < -0.4 is 5.32 Å². The summed E-state index contributed by atoms with van der Waals surface area (Å²) in [4.78, 5) is 12.4. The van der Waals surface area contributed by atoms with Gasteiger partial charge in [-0.05, 0) is 55.4 Å². The minimum atomic E-state index is -0.0962. The first-order valence-corrected chi connectivity index (χ1v) is 11.4. The first-order valence-electron chi connectivity index (χ1n) is 9.24. The minimum Gasteiger partial charge on any atom is -0.385 e. The van der Waals surface area contributed by atoms with E-state index < -0.39 is 0 Å². The monoisotopic (exact) mass is 445 g/mol. The molecule has 0 saturated heterocycles. The SMILES string of the molecule is COCCC(C)NC(=O)c1ccc(-n2nc(SCc3ccccc3)sc2=S)cc1. The summed E-state index contributed by atoms with van der Waals surface area (Å²) in [6.07, 6.45) is 0.776. The predicted octanol–water partition coefficient (Wildman–Crippen LogP) is 5.11. The van der Waals surface area contributed by atoms with E-state index in [4.69, 9.17) is 17.0 Å². The highest BCUT2D eigenvalue weighted by Gasteiger charge is 2.11. The fourth-order valence-electron chi connectivity index (χ4n) is 2.63. The fraction of sp³-hybridized carbons (Fsp3) is 0.286. The van der Waals surface area contributed by atoms with Gasteiger partial charge in [-0.25, -0.2) is 4.68 Å². The summed E-state index contributed by atoms with van der Waals surface area (Å²) >= 11 is 8.65. The molecule has 1 heterocycles. The second kappa shape index (κ2) is 10.7. The van der Waals surface area contributed by atoms with E-state index in [-0.39, 0.29) is 11.9 Å². The van der Waals surface area contributed by atoms with Gasteiger partial charge in [0.2, 0.25) is 0 Å². The van der Waals surface area contributed by atoms with Crippen LogP contribution >= 0.6 is 35.3 Å². The molecule has 8 heteroatoms. The molecule has 29 heavy (non-hydrogen) atoms. The average Bonchev–Trinajstić information content (AvgIpc) is 3.12. The summed E-state index contributed by atoms with van der Waals surface area (Å²) in [5, 5.41) is 7.61. The molecule has 1 amide bonds. The van der Waals surface area contributed by atoms with E-state index in [1.54, 1.807) is 35.7 Å². The molecule has 0 fully saturated rings. The summed E-state index contributed by atoms with van der Waals surface area (Å²) in [6.45, 7) is 2.58. The predicted molar refractivity (Wildman–Crippen MR) is 122 cm³/mol. The van der Waals surface area contributed by atoms with Gasteiger partial charge < -0.3 is 10.1 Å². The largest absolute Gasteiger partial charge is 0.385 e. The highest BCUT2D eigenvalue weighted by atomic mass is 32.2. The molecule has 0 saturated carbocycles. The highest BCUT2D eigenvalue weighted by molar-refractivity contribution is 8.00. The smallest absolute Gasteiger partial charge is 0.251 e. The van der Waals surface area contributed by atoms with Gasteiger partial charge in [0.25, 0.3) is 5.91 Å². The Balaban J connectivity index is 1.64. The van der Waals surface area contributed by atoms with Crippen molar-refractivity contribution in [3.63, 3.8) is 0 Å². The Labute approximate surface area is 184 Å². The van der Waals surface area contributed by atoms with Crippen molar-refractivity contribution in [1.29, 1.82) is 0 Å². The molecule has 3 aromatic rings. The lowest BCUT2D eigenvalue weighted by Gasteiger charge is -2.13. The summed E-state index contributed by atoms with van der Waals surface area (Å²) in [5.41, 5.74) is 2.71. The van der Waals surface area contributed by atoms with Gasteiger partial charge in [0.05, 0.1) is 5.69 Å². The lowest BCUT2D eigenvalue weighted by molar-refractivity contribution is 0.0929. The van der Waals surface area contributed by atoms with Gasteiger partial charge in [0.1, 0.15) is 0 Å². The Bertz CT molecular complexity index is 984. The van der Waals surface area contributed by atoms with Crippen molar-refractivity contribution in [1.82, 2.24) is 15.1 Å². The molecular formula is C21H23N3O2S3. The fourth-order valence-corrected chi connectivity index (χ4v) is 4.95. The van der Waals surface area contributed by atoms with Crippen molar-refractivity contribution in [2.45, 2.75) is 29.5 Å². The van der Waals surface area contributed by atoms with Crippen molar-refractivity contribution in [3.05, 3.63) is 69.7 Å². The van der Waals surface area contributed by atoms with E-state index in [2.05, 4.69) is 22.5 Å². The number of hydrogen-bond donors (Lipinski definition) is 1. The lowest BCUT2D eigenvalue weighted by Crippen LogP contribution is -2.33. The summed E-state index contributed by atoms with van der Waals surface area (Å²) < 4.78 is 8.40. The molecule has 0 spiro atoms. The number of carbonyl (C=O) groups is 1. The van der Waals surface area contributed by atoms with E-state index in [0.717, 1.165) is 22.2 Å². The number of amides is 1. The van der Waals surface area contributed by atoms with Crippen LogP contribution in [0.3, 0.4) is 0 Å². The minimum absolute atomic E-state index is 0.0542. The standard InChI is InChI=1S/C21H23N3O2S3/c1-15(12-13-26-2)22-19(25)17-8-10-18(11-9-17)24-21(27)29-20(23-24)28-14-16-6-4-3-5-7-16/h3-11,15H,12-14H2,1-2H3,(H,22,25). The van der Waals surface area contributed by atoms with Crippen LogP contribution in [0.5, 0.6) is 0 Å². The van der Waals surface area contributed by atoms with E-state index in [0.29, 0.717) is 16.1 Å². The molecular weight excluding hydrogens is 422 g/mol. The van der Waals surface area contributed by atoms with E-state index >= 15 is 0 Å². The van der Waals surface area contributed by atoms with Crippen LogP contribution in [0.1, 0.15) is 29.3 Å². The van der Waals surface area contributed by atoms with Crippen LogP contribution in [0.2, 0.25) is 0 Å². The van der Waals surface area contributed by atoms with Crippen molar-refractivity contribution < 1.29 is 9.53 Å². The molecule has 3 rings (SSSR count). The quantitative estimate of drug-likeness (QED) is 0.366. The van der Waals surface area contributed by atoms with Crippen molar-refractivity contribution in [2.75, 3.05) is 13.7 Å². The van der Waals surface area contributed by atoms with Gasteiger partial charge in [-0.2, -0.15) is 0 Å². The van der Waals surface area contributed by atoms with Crippen LogP contribution in [0.15, 0.2) is 58.9 Å². The number of hydrogen-bond acceptors (Lipinski definition) is 6. The number of nitrogens with one attached hydrogen (secondary N) is 1. The zero-order valence-electron chi connectivity index (χ0n) is 16.3. The van der Waals surface area contributed by atoms with E-state index in [1.807, 2.05) is 37.3 Å². The number of carbonyl (C=O) groups excluding carboxylic acids is 1. The Morgan fingerprint density at radius 2 is 1.97 bits per heavy atom. The second-order valence-electron chi connectivity index (χ2n) is 6.52. The van der Waals surface area contributed by atoms with Crippen LogP contribution in [0, 0.1) is 3.95 Å². The molecule has 0 radical (unpaired) electrons. The molecule has 5 nitrogen and oxygen atoms in total. The number of benzene rings is 2. The Kier molecular flexibility index (Phi) is 8.00. The van der Waals surface area contributed by atoms with Crippen LogP contribution in [0.4, 0.5) is 0 Å². The second-order valence-corrected chi connectivity index (χ2v) is 9.37. The topological polar surface area (TPSA) is 56.1 Å². The third kappa shape index (κ3) is 6.24. The normalized spacial score (nSPS) is 11.9. The van der Waals surface area contributed by atoms with Crippen molar-refractivity contribution in [2.24, 2.45) is 0 Å². The van der Waals surface area contributed by atoms with Gasteiger partial charge >= 0.3 is 0 Å². The maximum absolute atomic E-state index is 12.4. The summed E-state index contributed by atoms with van der Waals surface area (Å²) in [6, 6.07) is 17.7. The third-order valence-electron chi connectivity index (χ3n) is 4.24. The molecule has 1 N–H and O–H groups in total. The third-order valence-corrected chi connectivity index (χ3v) is 6.68. The molecule has 1 unspecified atom stereocenters. The maximum atomic E-state index is 12.4. The number of thioether (sulfide) groups is 1. The van der Waals surface area contributed by atoms with Crippen LogP contribution in [0.25, 0.3) is 5.69 Å². The Morgan fingerprint density at radius 1 is 1.24 bits per heavy atom. The number of aromatic nitrogens is 2. The zero-order chi connectivity index (χ0) is 20.6. The van der Waals surface area contributed by atoms with Gasteiger partial charge in [0, 0.05) is 31.1 Å². The molecule has 0 aliphatic carbocycles. The van der Waals surface area contributed by atoms with Gasteiger partial charge in [-0.3, -0.25) is 4.79 Å². The molecule has 2 aromatic carbocycles. The average molecular weight is 446 g/mol. The molecule has 0 aliphatic rings. The van der Waals surface area contributed by atoms with Gasteiger partial charge in [-0.1, -0.05) is 53.4 Å². The highest BCUT2D eigenvalue weighted by Crippen LogP contribution is 2.27. The van der Waals surface area contributed by atoms with Crippen LogP contribution in [-0.4, -0.2) is 35.4 Å². The number of ether oxygens (including phenoxy) is 1. The lowest BCUT2D eigenvalue weighted by atomic mass is 10.1. The summed E-state index contributed by atoms with van der Waals surface area (Å²) in [5.74, 6) is 0.755. The molecule has 1 aromatic heterocycles. The number of nitrogens with zero attached hydrogens (tertiary/aromatic N) is 2. The Hall–Kier alpha value is -2.00. The Morgan fingerprint density at radius 3 is 2.66 bits per heavy atom. The number of methoxy groups -OCH3 is 1. The van der Waals surface area contributed by atoms with Gasteiger partial charge in [0.15, 0.2) is 8.29 Å². The molecule has 0 aliphatic heterocycles. The summed E-state index contributed by atoms with van der Waals surface area (Å²) in [7, 11) is 1.66. The maximum Gasteiger partial charge on any atom is 0.251 e. The molecule has 0 bridgehead atoms. The van der Waals surface area contributed by atoms with Crippen molar-refractivity contribution >= 4 is 41.2 Å². The van der Waals surface area contributed by atoms with E-state index in [9.17, 15) is 4.79 Å². The van der Waals surface area contributed by atoms with Crippen molar-refractivity contribution in [3.8, 4) is 5.69 Å². The van der Waals surface area contributed by atoms with Crippen LogP contribution in [-0.2, 0) is 10.5 Å². The van der Waals surface area contributed by atoms with Gasteiger partial charge in [-0.15, -0.1) is 5.10 Å². The zero-order valence-corrected chi connectivity index (χ0v) is 18.8. The first kappa shape index (κ1) is 21.7. The van der Waals surface area contributed by atoms with E-state index in [1.165, 1.54) is 16.9 Å². The molecule has 152 valence electrons. The first-order chi connectivity index (χ1) is 14.1. The molecule has 1 atom stereocenters. The number of rotatable bonds is 9.